The molecule has 1 saturated carbocycles. The molecule has 4 heteroatoms. The van der Waals surface area contributed by atoms with E-state index in [0.717, 1.165) is 29.2 Å². The maximum atomic E-state index is 14.3. The van der Waals surface area contributed by atoms with Gasteiger partial charge in [-0.3, -0.25) is 0 Å². The Kier molecular flexibility index (Phi) is 10.2. The third-order valence-corrected chi connectivity index (χ3v) is 7.80. The molecule has 194 valence electrons. The van der Waals surface area contributed by atoms with Crippen molar-refractivity contribution >= 4 is 0 Å². The van der Waals surface area contributed by atoms with Crippen molar-refractivity contribution in [2.45, 2.75) is 115 Å². The molecule has 0 saturated heterocycles. The van der Waals surface area contributed by atoms with Gasteiger partial charge in [0.15, 0.2) is 0 Å². The van der Waals surface area contributed by atoms with Gasteiger partial charge in [0.1, 0.15) is 0 Å². The van der Waals surface area contributed by atoms with Crippen molar-refractivity contribution in [1.82, 2.24) is 0 Å². The summed E-state index contributed by atoms with van der Waals surface area (Å²) in [7, 11) is 0. The summed E-state index contributed by atoms with van der Waals surface area (Å²) < 4.78 is 56.5. The average molecular weight is 491 g/mol. The minimum absolute atomic E-state index is 0.00774. The molecule has 0 N–H and O–H groups in total. The van der Waals surface area contributed by atoms with Crippen LogP contribution in [0.3, 0.4) is 0 Å². The standard InChI is InChI=1S/C31H42F4/c1-3-5-6-7-8-9-10-24-11-13-25(14-12-24)26-15-17-27(18-16-26)28-19-21-29(22-20-28)31(34,35)30(32,33)23-4-2/h15-22,24-25H,3-14,23H2,1-2H3. The van der Waals surface area contributed by atoms with E-state index in [9.17, 15) is 17.6 Å². The van der Waals surface area contributed by atoms with E-state index in [-0.39, 0.29) is 6.42 Å². The highest BCUT2D eigenvalue weighted by Gasteiger charge is 2.56. The number of halogens is 4. The first-order valence-corrected chi connectivity index (χ1v) is 13.7. The number of hydrogen-bond donors (Lipinski definition) is 0. The molecule has 0 heterocycles. The fourth-order valence-electron chi connectivity index (χ4n) is 5.50. The Labute approximate surface area is 209 Å². The molecule has 3 rings (SSSR count). The predicted octanol–water partition coefficient (Wildman–Crippen LogP) is 10.9. The zero-order chi connectivity index (χ0) is 25.3. The van der Waals surface area contributed by atoms with Gasteiger partial charge in [0.2, 0.25) is 0 Å². The second kappa shape index (κ2) is 12.9. The van der Waals surface area contributed by atoms with Crippen molar-refractivity contribution in [3.05, 3.63) is 59.7 Å². The van der Waals surface area contributed by atoms with Gasteiger partial charge in [-0.25, -0.2) is 0 Å². The fraction of sp³-hybridized carbons (Fsp3) is 0.613. The quantitative estimate of drug-likeness (QED) is 0.193. The van der Waals surface area contributed by atoms with Gasteiger partial charge in [-0.05, 0) is 54.2 Å². The molecule has 0 aliphatic heterocycles. The first-order chi connectivity index (χ1) is 16.8. The molecule has 2 aromatic rings. The summed E-state index contributed by atoms with van der Waals surface area (Å²) in [6, 6.07) is 13.7. The molecular weight excluding hydrogens is 448 g/mol. The topological polar surface area (TPSA) is 0 Å². The minimum atomic E-state index is -4.17. The second-order valence-electron chi connectivity index (χ2n) is 10.5. The van der Waals surface area contributed by atoms with Crippen molar-refractivity contribution in [2.75, 3.05) is 0 Å². The minimum Gasteiger partial charge on any atom is -0.199 e. The summed E-state index contributed by atoms with van der Waals surface area (Å²) in [6.07, 6.45) is 13.8. The monoisotopic (exact) mass is 490 g/mol. The molecule has 0 bridgehead atoms. The lowest BCUT2D eigenvalue weighted by Crippen LogP contribution is -2.37. The molecule has 1 fully saturated rings. The highest BCUT2D eigenvalue weighted by Crippen LogP contribution is 2.46. The molecule has 0 nitrogen and oxygen atoms in total. The molecule has 2 aromatic carbocycles. The molecule has 35 heavy (non-hydrogen) atoms. The molecule has 0 aromatic heterocycles. The van der Waals surface area contributed by atoms with E-state index >= 15 is 0 Å². The van der Waals surface area contributed by atoms with Gasteiger partial charge in [0.05, 0.1) is 0 Å². The van der Waals surface area contributed by atoms with Gasteiger partial charge < -0.3 is 0 Å². The van der Waals surface area contributed by atoms with Crippen LogP contribution in [-0.2, 0) is 5.92 Å². The van der Waals surface area contributed by atoms with Gasteiger partial charge in [0.25, 0.3) is 0 Å². The number of benzene rings is 2. The van der Waals surface area contributed by atoms with Crippen molar-refractivity contribution in [1.29, 1.82) is 0 Å². The lowest BCUT2D eigenvalue weighted by Gasteiger charge is -2.29. The van der Waals surface area contributed by atoms with E-state index in [4.69, 9.17) is 0 Å². The highest BCUT2D eigenvalue weighted by atomic mass is 19.3. The summed E-state index contributed by atoms with van der Waals surface area (Å²) in [6.45, 7) is 3.74. The smallest absolute Gasteiger partial charge is 0.199 e. The van der Waals surface area contributed by atoms with E-state index in [1.807, 2.05) is 12.1 Å². The van der Waals surface area contributed by atoms with E-state index in [1.54, 1.807) is 0 Å². The maximum Gasteiger partial charge on any atom is 0.335 e. The first kappa shape index (κ1) is 27.7. The van der Waals surface area contributed by atoms with Crippen LogP contribution in [0, 0.1) is 5.92 Å². The van der Waals surface area contributed by atoms with Gasteiger partial charge >= 0.3 is 11.8 Å². The van der Waals surface area contributed by atoms with Crippen molar-refractivity contribution in [3.8, 4) is 11.1 Å². The molecule has 0 radical (unpaired) electrons. The van der Waals surface area contributed by atoms with Crippen LogP contribution >= 0.6 is 0 Å². The number of unbranched alkanes of at least 4 members (excludes halogenated alkanes) is 5. The Hall–Kier alpha value is -1.84. The lowest BCUT2D eigenvalue weighted by atomic mass is 9.77. The molecule has 1 aliphatic carbocycles. The molecule has 0 spiro atoms. The lowest BCUT2D eigenvalue weighted by molar-refractivity contribution is -0.219. The number of hydrogen-bond acceptors (Lipinski definition) is 0. The Morgan fingerprint density at radius 2 is 1.20 bits per heavy atom. The Morgan fingerprint density at radius 1 is 0.657 bits per heavy atom. The normalized spacial score (nSPS) is 19.1. The number of alkyl halides is 4. The first-order valence-electron chi connectivity index (χ1n) is 13.7. The third kappa shape index (κ3) is 7.33. The average Bonchev–Trinajstić information content (AvgIpc) is 2.86. The largest absolute Gasteiger partial charge is 0.335 e. The van der Waals surface area contributed by atoms with E-state index in [2.05, 4.69) is 19.1 Å². The van der Waals surface area contributed by atoms with E-state index in [1.165, 1.54) is 95.2 Å². The summed E-state index contributed by atoms with van der Waals surface area (Å²) in [5.41, 5.74) is 2.39. The third-order valence-electron chi connectivity index (χ3n) is 7.80. The highest BCUT2D eigenvalue weighted by molar-refractivity contribution is 5.64. The number of rotatable bonds is 13. The SMILES string of the molecule is CCCCCCCCC1CCC(c2ccc(-c3ccc(C(F)(F)C(F)(F)CCC)cc3)cc2)CC1. The summed E-state index contributed by atoms with van der Waals surface area (Å²) >= 11 is 0. The molecule has 0 amide bonds. The molecule has 0 atom stereocenters. The fourth-order valence-corrected chi connectivity index (χ4v) is 5.50. The molecule has 0 unspecified atom stereocenters. The van der Waals surface area contributed by atoms with Gasteiger partial charge in [-0.2, -0.15) is 17.6 Å². The summed E-state index contributed by atoms with van der Waals surface area (Å²) in [5, 5.41) is 0. The van der Waals surface area contributed by atoms with Crippen molar-refractivity contribution in [3.63, 3.8) is 0 Å². The Morgan fingerprint density at radius 3 is 1.77 bits per heavy atom. The molecule has 1 aliphatic rings. The second-order valence-corrected chi connectivity index (χ2v) is 10.5. The van der Waals surface area contributed by atoms with Gasteiger partial charge in [0, 0.05) is 12.0 Å². The van der Waals surface area contributed by atoms with Crippen LogP contribution < -0.4 is 0 Å². The maximum absolute atomic E-state index is 14.3. The van der Waals surface area contributed by atoms with Gasteiger partial charge in [-0.15, -0.1) is 0 Å². The molecular formula is C31H42F4. The predicted molar refractivity (Wildman–Crippen MR) is 138 cm³/mol. The van der Waals surface area contributed by atoms with Crippen molar-refractivity contribution in [2.24, 2.45) is 5.92 Å². The summed E-state index contributed by atoms with van der Waals surface area (Å²) in [4.78, 5) is 0. The van der Waals surface area contributed by atoms with Crippen LogP contribution in [0.2, 0.25) is 0 Å². The Balaban J connectivity index is 1.51. The van der Waals surface area contributed by atoms with E-state index in [0.29, 0.717) is 5.92 Å². The van der Waals surface area contributed by atoms with E-state index < -0.39 is 23.8 Å². The van der Waals surface area contributed by atoms with Crippen LogP contribution in [0.25, 0.3) is 11.1 Å². The van der Waals surface area contributed by atoms with Crippen LogP contribution in [0.15, 0.2) is 48.5 Å². The summed E-state index contributed by atoms with van der Waals surface area (Å²) in [5.74, 6) is -6.75. The van der Waals surface area contributed by atoms with Gasteiger partial charge in [-0.1, -0.05) is 114 Å². The zero-order valence-corrected chi connectivity index (χ0v) is 21.5. The zero-order valence-electron chi connectivity index (χ0n) is 21.5. The van der Waals surface area contributed by atoms with Crippen LogP contribution in [-0.4, -0.2) is 5.92 Å². The van der Waals surface area contributed by atoms with Crippen LogP contribution in [0.5, 0.6) is 0 Å². The van der Waals surface area contributed by atoms with Crippen LogP contribution in [0.4, 0.5) is 17.6 Å². The van der Waals surface area contributed by atoms with Crippen molar-refractivity contribution < 1.29 is 17.6 Å². The Bertz CT molecular complexity index is 862. The van der Waals surface area contributed by atoms with Crippen LogP contribution in [0.1, 0.15) is 114 Å².